The molecular weight excluding hydrogens is 442 g/mol. The molecule has 6 heteroatoms. The van der Waals surface area contributed by atoms with Crippen molar-refractivity contribution in [2.45, 2.75) is 94.0 Å². The molecule has 0 heterocycles. The monoisotopic (exact) mass is 478 g/mol. The molecule has 0 nitrogen and oxygen atoms in total. The van der Waals surface area contributed by atoms with Crippen LogP contribution < -0.4 is 0 Å². The minimum Gasteiger partial charge on any atom is -0.418 e. The van der Waals surface area contributed by atoms with Crippen molar-refractivity contribution in [2.75, 3.05) is 0 Å². The van der Waals surface area contributed by atoms with E-state index in [1.165, 1.54) is 70.6 Å². The molecule has 3 aliphatic carbocycles. The third-order valence-electron chi connectivity index (χ3n) is 8.18. The average molecular weight is 478 g/mol. The lowest BCUT2D eigenvalue weighted by atomic mass is 9.93. The molecule has 0 radical (unpaired) electrons. The quantitative estimate of drug-likeness (QED) is 0.233. The first-order valence-electron chi connectivity index (χ1n) is 12.8. The Labute approximate surface area is 197 Å². The lowest BCUT2D eigenvalue weighted by molar-refractivity contribution is 0.368. The summed E-state index contributed by atoms with van der Waals surface area (Å²) in [4.78, 5) is 0. The molecule has 0 unspecified atom stereocenters. The van der Waals surface area contributed by atoms with E-state index in [2.05, 4.69) is 55.5 Å². The van der Waals surface area contributed by atoms with Crippen molar-refractivity contribution in [3.8, 4) is 11.1 Å². The molecule has 0 saturated heterocycles. The maximum absolute atomic E-state index is 9.75. The summed E-state index contributed by atoms with van der Waals surface area (Å²) in [6.07, 6.45) is 16.2. The number of fused-ring (bicyclic) bond motifs is 3. The molecule has 0 bridgehead atoms. The Balaban J connectivity index is 0.000000471. The lowest BCUT2D eigenvalue weighted by Crippen LogP contribution is -2.34. The highest BCUT2D eigenvalue weighted by Crippen LogP contribution is 2.74. The van der Waals surface area contributed by atoms with Gasteiger partial charge in [0.15, 0.2) is 0 Å². The van der Waals surface area contributed by atoms with Gasteiger partial charge in [-0.3, -0.25) is 0 Å². The zero-order chi connectivity index (χ0) is 23.5. The summed E-state index contributed by atoms with van der Waals surface area (Å²) in [5, 5.41) is 0.335. The van der Waals surface area contributed by atoms with E-state index in [4.69, 9.17) is 0 Å². The zero-order valence-corrected chi connectivity index (χ0v) is 20.6. The smallest absolute Gasteiger partial charge is 0.418 e. The molecule has 0 aliphatic heterocycles. The van der Waals surface area contributed by atoms with E-state index < -0.39 is 15.2 Å². The van der Waals surface area contributed by atoms with Crippen molar-refractivity contribution in [2.24, 2.45) is 0 Å². The summed E-state index contributed by atoms with van der Waals surface area (Å²) in [5.41, 5.74) is 8.53. The van der Waals surface area contributed by atoms with E-state index >= 15 is 0 Å². The fourth-order valence-corrected chi connectivity index (χ4v) is 12.7. The van der Waals surface area contributed by atoms with Crippen LogP contribution in [0.5, 0.6) is 0 Å². The third-order valence-corrected chi connectivity index (χ3v) is 13.0. The van der Waals surface area contributed by atoms with Gasteiger partial charge in [-0.1, -0.05) is 68.3 Å². The van der Waals surface area contributed by atoms with Gasteiger partial charge in [-0.05, 0) is 68.9 Å². The Bertz CT molecular complexity index is 847. The highest BCUT2D eigenvalue weighted by molar-refractivity contribution is 7.60. The van der Waals surface area contributed by atoms with Gasteiger partial charge in [0, 0.05) is 19.0 Å². The predicted octanol–water partition coefficient (Wildman–Crippen LogP) is 9.50. The van der Waals surface area contributed by atoms with Gasteiger partial charge in [0.2, 0.25) is 0 Å². The van der Waals surface area contributed by atoms with Crippen LogP contribution in [-0.2, 0) is 5.16 Å². The minimum atomic E-state index is -6.00. The van der Waals surface area contributed by atoms with E-state index in [0.29, 0.717) is 5.16 Å². The second-order valence-electron chi connectivity index (χ2n) is 9.97. The van der Waals surface area contributed by atoms with Crippen LogP contribution in [0.4, 0.5) is 17.3 Å². The van der Waals surface area contributed by atoms with Gasteiger partial charge < -0.3 is 17.3 Å². The van der Waals surface area contributed by atoms with Crippen LogP contribution in [0.3, 0.4) is 0 Å². The Kier molecular flexibility index (Phi) is 7.89. The van der Waals surface area contributed by atoms with Gasteiger partial charge in [-0.2, -0.15) is 0 Å². The Morgan fingerprint density at radius 3 is 1.42 bits per heavy atom. The molecule has 0 spiro atoms. The number of benzene rings is 2. The van der Waals surface area contributed by atoms with Crippen LogP contribution in [0.1, 0.15) is 88.7 Å². The van der Waals surface area contributed by atoms with Crippen LogP contribution in [0.15, 0.2) is 48.5 Å². The predicted molar refractivity (Wildman–Crippen MR) is 135 cm³/mol. The molecule has 2 saturated carbocycles. The topological polar surface area (TPSA) is 0 Å². The molecule has 180 valence electrons. The third kappa shape index (κ3) is 5.19. The van der Waals surface area contributed by atoms with E-state index in [0.717, 1.165) is 11.3 Å². The normalized spacial score (nSPS) is 20.7. The largest absolute Gasteiger partial charge is 0.673 e. The first-order valence-corrected chi connectivity index (χ1v) is 14.5. The molecule has 2 fully saturated rings. The van der Waals surface area contributed by atoms with Crippen LogP contribution >= 0.6 is 7.92 Å². The number of rotatable bonds is 4. The first kappa shape index (κ1) is 24.8. The molecule has 2 aromatic rings. The zero-order valence-electron chi connectivity index (χ0n) is 19.6. The maximum atomic E-state index is 9.75. The number of hydrogen-bond acceptors (Lipinski definition) is 0. The average Bonchev–Trinajstić information content (AvgIpc) is 3.11. The number of halogens is 4. The van der Waals surface area contributed by atoms with Crippen molar-refractivity contribution < 1.29 is 17.3 Å². The summed E-state index contributed by atoms with van der Waals surface area (Å²) in [6.45, 7) is 2.51. The van der Waals surface area contributed by atoms with Crippen molar-refractivity contribution >= 4 is 15.2 Å². The van der Waals surface area contributed by atoms with E-state index in [-0.39, 0.29) is 0 Å². The van der Waals surface area contributed by atoms with Crippen molar-refractivity contribution in [3.05, 3.63) is 59.7 Å². The maximum Gasteiger partial charge on any atom is 0.673 e. The molecule has 0 atom stereocenters. The van der Waals surface area contributed by atoms with Gasteiger partial charge in [0.05, 0.1) is 11.3 Å². The molecule has 2 aromatic carbocycles. The molecule has 5 rings (SSSR count). The lowest BCUT2D eigenvalue weighted by Gasteiger charge is -2.43. The molecule has 0 aromatic heterocycles. The first-order chi connectivity index (χ1) is 15.9. The summed E-state index contributed by atoms with van der Waals surface area (Å²) in [6, 6.07) is 19.0. The van der Waals surface area contributed by atoms with E-state index in [1.807, 2.05) is 0 Å². The van der Waals surface area contributed by atoms with Crippen molar-refractivity contribution in [3.63, 3.8) is 0 Å². The molecule has 0 N–H and O–H groups in total. The Hall–Kier alpha value is -1.35. The fourth-order valence-electron chi connectivity index (χ4n) is 7.08. The van der Waals surface area contributed by atoms with Crippen molar-refractivity contribution in [1.82, 2.24) is 0 Å². The second kappa shape index (κ2) is 10.5. The molecule has 0 amide bonds. The van der Waals surface area contributed by atoms with Gasteiger partial charge in [-0.15, -0.1) is 0 Å². The summed E-state index contributed by atoms with van der Waals surface area (Å²) < 4.78 is 39.0. The second-order valence-corrected chi connectivity index (χ2v) is 13.4. The van der Waals surface area contributed by atoms with Crippen LogP contribution in [0.2, 0.25) is 0 Å². The van der Waals surface area contributed by atoms with Crippen molar-refractivity contribution in [1.29, 1.82) is 0 Å². The molecule has 3 aliphatic rings. The Morgan fingerprint density at radius 2 is 1.06 bits per heavy atom. The summed E-state index contributed by atoms with van der Waals surface area (Å²) in [5.74, 6) is 0. The Morgan fingerprint density at radius 1 is 0.697 bits per heavy atom. The van der Waals surface area contributed by atoms with Gasteiger partial charge in [-0.25, -0.2) is 0 Å². The molecular formula is C27H36BF4P. The minimum absolute atomic E-state index is 0.335. The highest BCUT2D eigenvalue weighted by Gasteiger charge is 2.58. The highest BCUT2D eigenvalue weighted by atomic mass is 31.1. The summed E-state index contributed by atoms with van der Waals surface area (Å²) >= 11 is 0. The van der Waals surface area contributed by atoms with Crippen LogP contribution in [-0.4, -0.2) is 18.6 Å². The van der Waals surface area contributed by atoms with Gasteiger partial charge in [0.25, 0.3) is 0 Å². The van der Waals surface area contributed by atoms with Crippen LogP contribution in [0.25, 0.3) is 11.1 Å². The van der Waals surface area contributed by atoms with Gasteiger partial charge >= 0.3 is 7.25 Å². The van der Waals surface area contributed by atoms with E-state index in [1.54, 1.807) is 22.3 Å². The standard InChI is InChI=1S/C27H35P.BF4/c1-2-27(25-19-11-9-17-23(25)24-18-10-12-20-26(24)27)28(21-13-5-3-6-14-21)22-15-7-4-8-16-22;2-1(3,4)5/h9-12,17-22H,2-8,13-16H2,1H3;/q;-1/p+1. The number of hydrogen-bond donors (Lipinski definition) is 0. The SMILES string of the molecule is CCC1([PH+](C2CCCCC2)C2CCCCC2)c2ccccc2-c2ccccc21.F[B-](F)(F)F. The van der Waals surface area contributed by atoms with Crippen LogP contribution in [0, 0.1) is 0 Å². The summed E-state index contributed by atoms with van der Waals surface area (Å²) in [7, 11) is -6.56. The van der Waals surface area contributed by atoms with E-state index in [9.17, 15) is 17.3 Å². The van der Waals surface area contributed by atoms with Gasteiger partial charge in [0.1, 0.15) is 5.16 Å². The fraction of sp³-hybridized carbons (Fsp3) is 0.556. The molecule has 33 heavy (non-hydrogen) atoms.